The minimum Gasteiger partial charge on any atom is -0.352 e. The van der Waals surface area contributed by atoms with Gasteiger partial charge in [-0.3, -0.25) is 9.59 Å². The fourth-order valence-electron chi connectivity index (χ4n) is 4.12. The van der Waals surface area contributed by atoms with Crippen LogP contribution in [0.25, 0.3) is 0 Å². The van der Waals surface area contributed by atoms with E-state index in [9.17, 15) is 14.0 Å². The van der Waals surface area contributed by atoms with E-state index in [4.69, 9.17) is 11.6 Å². The molecule has 2 aromatic carbocycles. The number of nitrogens with zero attached hydrogens (tertiary/aromatic N) is 1. The molecule has 1 atom stereocenters. The van der Waals surface area contributed by atoms with Crippen LogP contribution in [0.4, 0.5) is 4.39 Å². The summed E-state index contributed by atoms with van der Waals surface area (Å²) in [5.74, 6) is -0.220. The van der Waals surface area contributed by atoms with Gasteiger partial charge in [0.25, 0.3) is 0 Å². The lowest BCUT2D eigenvalue weighted by atomic mass is 9.95. The number of rotatable bonds is 9. The summed E-state index contributed by atoms with van der Waals surface area (Å²) < 4.78 is 14.1. The second-order valence-electron chi connectivity index (χ2n) is 8.66. The van der Waals surface area contributed by atoms with Crippen LogP contribution in [0.3, 0.4) is 0 Å². The Labute approximate surface area is 205 Å². The van der Waals surface area contributed by atoms with Crippen molar-refractivity contribution in [2.45, 2.75) is 70.3 Å². The normalized spacial score (nSPS) is 15.2. The number of halogens is 2. The average molecular weight is 491 g/mol. The van der Waals surface area contributed by atoms with Crippen LogP contribution in [0.15, 0.2) is 42.5 Å². The smallest absolute Gasteiger partial charge is 0.242 e. The van der Waals surface area contributed by atoms with Gasteiger partial charge in [0.2, 0.25) is 11.8 Å². The molecule has 7 heteroatoms. The molecule has 0 aliphatic heterocycles. The summed E-state index contributed by atoms with van der Waals surface area (Å²) in [6.07, 6.45) is 5.44. The highest BCUT2D eigenvalue weighted by Crippen LogP contribution is 2.25. The Balaban J connectivity index is 1.69. The fourth-order valence-corrected chi connectivity index (χ4v) is 5.36. The lowest BCUT2D eigenvalue weighted by Crippen LogP contribution is -2.50. The summed E-state index contributed by atoms with van der Waals surface area (Å²) in [6.45, 7) is 4.14. The number of aryl methyl sites for hydroxylation is 1. The third-order valence-electron chi connectivity index (χ3n) is 6.25. The van der Waals surface area contributed by atoms with Crippen molar-refractivity contribution in [3.05, 3.63) is 70.0 Å². The molecule has 0 heterocycles. The quantitative estimate of drug-likeness (QED) is 0.477. The molecule has 0 aromatic heterocycles. The van der Waals surface area contributed by atoms with E-state index in [0.717, 1.165) is 36.8 Å². The van der Waals surface area contributed by atoms with Crippen LogP contribution in [-0.4, -0.2) is 34.6 Å². The molecule has 1 N–H and O–H groups in total. The number of carbonyl (C=O) groups is 2. The first-order valence-corrected chi connectivity index (χ1v) is 13.0. The molecule has 1 fully saturated rings. The van der Waals surface area contributed by atoms with Gasteiger partial charge in [-0.1, -0.05) is 61.2 Å². The lowest BCUT2D eigenvalue weighted by molar-refractivity contribution is -0.139. The molecule has 1 aliphatic carbocycles. The molecule has 1 saturated carbocycles. The highest BCUT2D eigenvalue weighted by atomic mass is 35.5. The molecular weight excluding hydrogens is 459 g/mol. The Morgan fingerprint density at radius 3 is 2.58 bits per heavy atom. The van der Waals surface area contributed by atoms with Gasteiger partial charge in [0.15, 0.2) is 0 Å². The van der Waals surface area contributed by atoms with Gasteiger partial charge in [-0.2, -0.15) is 0 Å². The number of nitrogens with one attached hydrogen (secondary N) is 1. The summed E-state index contributed by atoms with van der Waals surface area (Å²) in [4.78, 5) is 27.9. The Morgan fingerprint density at radius 2 is 1.88 bits per heavy atom. The van der Waals surface area contributed by atoms with Crippen molar-refractivity contribution in [3.8, 4) is 0 Å². The Hall–Kier alpha value is -2.05. The molecule has 0 spiro atoms. The summed E-state index contributed by atoms with van der Waals surface area (Å²) in [7, 11) is 0. The first-order chi connectivity index (χ1) is 15.9. The summed E-state index contributed by atoms with van der Waals surface area (Å²) in [5, 5.41) is 3.50. The van der Waals surface area contributed by atoms with Gasteiger partial charge in [-0.15, -0.1) is 11.8 Å². The zero-order valence-electron chi connectivity index (χ0n) is 19.3. The van der Waals surface area contributed by atoms with Crippen molar-refractivity contribution in [1.29, 1.82) is 0 Å². The first kappa shape index (κ1) is 25.6. The Morgan fingerprint density at radius 1 is 1.15 bits per heavy atom. The highest BCUT2D eigenvalue weighted by Gasteiger charge is 2.28. The molecule has 0 saturated heterocycles. The first-order valence-electron chi connectivity index (χ1n) is 11.5. The van der Waals surface area contributed by atoms with Crippen LogP contribution < -0.4 is 5.32 Å². The number of hydrogen-bond donors (Lipinski definition) is 1. The van der Waals surface area contributed by atoms with Crippen molar-refractivity contribution < 1.29 is 14.0 Å². The maximum atomic E-state index is 14.1. The molecule has 0 unspecified atom stereocenters. The van der Waals surface area contributed by atoms with Crippen molar-refractivity contribution >= 4 is 35.2 Å². The van der Waals surface area contributed by atoms with Crippen molar-refractivity contribution in [2.24, 2.45) is 0 Å². The molecule has 0 radical (unpaired) electrons. The summed E-state index contributed by atoms with van der Waals surface area (Å²) in [6, 6.07) is 12.0. The van der Waals surface area contributed by atoms with Gasteiger partial charge in [-0.05, 0) is 49.9 Å². The van der Waals surface area contributed by atoms with E-state index >= 15 is 0 Å². The van der Waals surface area contributed by atoms with Crippen molar-refractivity contribution in [3.63, 3.8) is 0 Å². The van der Waals surface area contributed by atoms with E-state index in [1.807, 2.05) is 31.2 Å². The third-order valence-corrected chi connectivity index (χ3v) is 7.55. The Bertz CT molecular complexity index is 945. The molecule has 0 bridgehead atoms. The maximum Gasteiger partial charge on any atom is 0.242 e. The molecule has 33 heavy (non-hydrogen) atoms. The van der Waals surface area contributed by atoms with E-state index in [-0.39, 0.29) is 35.2 Å². The van der Waals surface area contributed by atoms with Crippen LogP contribution in [0.5, 0.6) is 0 Å². The minimum absolute atomic E-state index is 0.119. The SMILES string of the molecule is Cc1ccccc1CN(C(=O)CSCc1c(F)cccc1Cl)[C@H](C)C(=O)NC1CCCCC1. The standard InChI is InChI=1S/C26H32ClFN2O2S/c1-18-9-6-7-10-20(18)15-30(19(2)26(32)29-21-11-4-3-5-12-21)25(31)17-33-16-22-23(27)13-8-14-24(22)28/h6-10,13-14,19,21H,3-5,11-12,15-17H2,1-2H3,(H,29,32)/t19-/m1/s1. The Kier molecular flexibility index (Phi) is 9.63. The van der Waals surface area contributed by atoms with E-state index < -0.39 is 6.04 Å². The number of hydrogen-bond acceptors (Lipinski definition) is 3. The molecule has 4 nitrogen and oxygen atoms in total. The predicted octanol–water partition coefficient (Wildman–Crippen LogP) is 5.89. The average Bonchev–Trinajstić information content (AvgIpc) is 2.80. The van der Waals surface area contributed by atoms with Crippen LogP contribution in [0.1, 0.15) is 55.7 Å². The largest absolute Gasteiger partial charge is 0.352 e. The van der Waals surface area contributed by atoms with E-state index in [1.54, 1.807) is 24.0 Å². The topological polar surface area (TPSA) is 49.4 Å². The maximum absolute atomic E-state index is 14.1. The van der Waals surface area contributed by atoms with E-state index in [0.29, 0.717) is 17.1 Å². The zero-order chi connectivity index (χ0) is 23.8. The number of benzene rings is 2. The highest BCUT2D eigenvalue weighted by molar-refractivity contribution is 7.99. The van der Waals surface area contributed by atoms with Crippen LogP contribution in [0.2, 0.25) is 5.02 Å². The van der Waals surface area contributed by atoms with Gasteiger partial charge in [0, 0.05) is 28.9 Å². The van der Waals surface area contributed by atoms with E-state index in [2.05, 4.69) is 5.32 Å². The van der Waals surface area contributed by atoms with Gasteiger partial charge >= 0.3 is 0 Å². The monoisotopic (exact) mass is 490 g/mol. The molecule has 3 rings (SSSR count). The van der Waals surface area contributed by atoms with Gasteiger partial charge in [0.1, 0.15) is 11.9 Å². The second-order valence-corrected chi connectivity index (χ2v) is 10.1. The molecule has 2 amide bonds. The molecule has 178 valence electrons. The summed E-state index contributed by atoms with van der Waals surface area (Å²) in [5.41, 5.74) is 2.47. The fraction of sp³-hybridized carbons (Fsp3) is 0.462. The summed E-state index contributed by atoms with van der Waals surface area (Å²) >= 11 is 7.42. The van der Waals surface area contributed by atoms with Gasteiger partial charge in [0.05, 0.1) is 5.75 Å². The minimum atomic E-state index is -0.600. The van der Waals surface area contributed by atoms with Gasteiger partial charge in [-0.25, -0.2) is 4.39 Å². The molecule has 2 aromatic rings. The van der Waals surface area contributed by atoms with Crippen LogP contribution >= 0.6 is 23.4 Å². The van der Waals surface area contributed by atoms with Crippen molar-refractivity contribution in [1.82, 2.24) is 10.2 Å². The number of amides is 2. The zero-order valence-corrected chi connectivity index (χ0v) is 20.9. The van der Waals surface area contributed by atoms with Crippen LogP contribution in [-0.2, 0) is 21.9 Å². The predicted molar refractivity (Wildman–Crippen MR) is 134 cm³/mol. The van der Waals surface area contributed by atoms with E-state index in [1.165, 1.54) is 24.2 Å². The lowest BCUT2D eigenvalue weighted by Gasteiger charge is -2.31. The second kappa shape index (κ2) is 12.4. The van der Waals surface area contributed by atoms with Gasteiger partial charge < -0.3 is 10.2 Å². The number of thioether (sulfide) groups is 1. The molecule has 1 aliphatic rings. The van der Waals surface area contributed by atoms with Crippen molar-refractivity contribution in [2.75, 3.05) is 5.75 Å². The number of carbonyl (C=O) groups excluding carboxylic acids is 2. The molecular formula is C26H32ClFN2O2S. The van der Waals surface area contributed by atoms with Crippen LogP contribution in [0, 0.1) is 12.7 Å². The third kappa shape index (κ3) is 7.21.